The molecule has 0 radical (unpaired) electrons. The van der Waals surface area contributed by atoms with E-state index < -0.39 is 5.82 Å². The highest BCUT2D eigenvalue weighted by atomic mass is 35.5. The first-order chi connectivity index (χ1) is 12.4. The van der Waals surface area contributed by atoms with Gasteiger partial charge in [0.15, 0.2) is 5.78 Å². The van der Waals surface area contributed by atoms with Crippen LogP contribution in [0.1, 0.15) is 23.0 Å². The van der Waals surface area contributed by atoms with Crippen molar-refractivity contribution in [1.82, 2.24) is 19.7 Å². The minimum atomic E-state index is -0.407. The van der Waals surface area contributed by atoms with Crippen LogP contribution in [0.25, 0.3) is 0 Å². The van der Waals surface area contributed by atoms with Crippen molar-refractivity contribution in [3.63, 3.8) is 0 Å². The molecule has 0 N–H and O–H groups in total. The zero-order valence-corrected chi connectivity index (χ0v) is 14.9. The Labute approximate surface area is 154 Å². The Kier molecular flexibility index (Phi) is 5.65. The topological polar surface area (TPSA) is 67.7 Å². The molecule has 1 aliphatic rings. The van der Waals surface area contributed by atoms with Crippen LogP contribution in [-0.4, -0.2) is 57.7 Å². The van der Waals surface area contributed by atoms with Crippen molar-refractivity contribution < 1.29 is 18.8 Å². The van der Waals surface area contributed by atoms with E-state index in [1.54, 1.807) is 16.0 Å². The third-order valence-corrected chi connectivity index (χ3v) is 4.21. The van der Waals surface area contributed by atoms with Crippen LogP contribution >= 0.6 is 11.6 Å². The molecule has 1 aromatic carbocycles. The van der Waals surface area contributed by atoms with Crippen molar-refractivity contribution in [3.05, 3.63) is 52.6 Å². The van der Waals surface area contributed by atoms with E-state index in [1.807, 2.05) is 0 Å². The number of piperazine rings is 1. The molecule has 3 rings (SSSR count). The summed E-state index contributed by atoms with van der Waals surface area (Å²) in [6, 6.07) is 5.49. The summed E-state index contributed by atoms with van der Waals surface area (Å²) in [6.45, 7) is 3.53. The van der Waals surface area contributed by atoms with Gasteiger partial charge in [-0.25, -0.2) is 9.18 Å². The van der Waals surface area contributed by atoms with Gasteiger partial charge in [-0.1, -0.05) is 11.6 Å². The van der Waals surface area contributed by atoms with E-state index in [-0.39, 0.29) is 24.1 Å². The molecule has 0 atom stereocenters. The molecule has 1 aromatic heterocycles. The molecular formula is C17H18ClFN4O3. The number of hydrogen-bond acceptors (Lipinski definition) is 5. The van der Waals surface area contributed by atoms with Gasteiger partial charge < -0.3 is 4.90 Å². The zero-order valence-electron chi connectivity index (χ0n) is 14.2. The summed E-state index contributed by atoms with van der Waals surface area (Å²) in [6.07, 6.45) is 1.48. The molecule has 1 saturated heterocycles. The number of amides is 1. The molecule has 7 nitrogen and oxygen atoms in total. The first-order valence-corrected chi connectivity index (χ1v) is 8.49. The van der Waals surface area contributed by atoms with Gasteiger partial charge in [-0.05, 0) is 29.8 Å². The summed E-state index contributed by atoms with van der Waals surface area (Å²) in [5, 5.41) is 6.03. The number of ketones is 1. The Morgan fingerprint density at radius 3 is 2.58 bits per heavy atom. The van der Waals surface area contributed by atoms with Crippen molar-refractivity contribution in [1.29, 1.82) is 0 Å². The van der Waals surface area contributed by atoms with Crippen molar-refractivity contribution in [2.24, 2.45) is 0 Å². The Morgan fingerprint density at radius 1 is 1.23 bits per heavy atom. The van der Waals surface area contributed by atoms with Crippen molar-refractivity contribution in [3.8, 4) is 0 Å². The van der Waals surface area contributed by atoms with Crippen LogP contribution in [0.5, 0.6) is 0 Å². The predicted molar refractivity (Wildman–Crippen MR) is 92.4 cm³/mol. The van der Waals surface area contributed by atoms with Crippen molar-refractivity contribution >= 4 is 23.4 Å². The fraction of sp³-hybridized carbons (Fsp3) is 0.353. The van der Waals surface area contributed by atoms with Gasteiger partial charge in [0.2, 0.25) is 0 Å². The molecule has 1 fully saturated rings. The smallest absolute Gasteiger partial charge is 0.320 e. The number of rotatable bonds is 4. The summed E-state index contributed by atoms with van der Waals surface area (Å²) in [4.78, 5) is 31.0. The minimum Gasteiger partial charge on any atom is -0.320 e. The second kappa shape index (κ2) is 7.94. The van der Waals surface area contributed by atoms with E-state index in [9.17, 15) is 14.0 Å². The minimum absolute atomic E-state index is 0.188. The SMILES string of the molecule is CC(=O)c1ccn(C(=O)N2CCN(OCc3cc(F)cc(Cl)c3)CC2)n1. The van der Waals surface area contributed by atoms with Gasteiger partial charge in [-0.3, -0.25) is 9.63 Å². The van der Waals surface area contributed by atoms with E-state index in [0.717, 1.165) is 0 Å². The Bertz CT molecular complexity index is 798. The number of carbonyl (C=O) groups excluding carboxylic acids is 2. The van der Waals surface area contributed by atoms with Gasteiger partial charge in [-0.2, -0.15) is 14.8 Å². The predicted octanol–water partition coefficient (Wildman–Crippen LogP) is 2.60. The second-order valence-corrected chi connectivity index (χ2v) is 6.39. The second-order valence-electron chi connectivity index (χ2n) is 5.95. The van der Waals surface area contributed by atoms with Crippen LogP contribution in [-0.2, 0) is 11.4 Å². The van der Waals surface area contributed by atoms with Crippen LogP contribution in [0.15, 0.2) is 30.5 Å². The first kappa shape index (κ1) is 18.5. The lowest BCUT2D eigenvalue weighted by molar-refractivity contribution is -0.182. The standard InChI is InChI=1S/C17H18ClFN4O3/c1-12(24)16-2-3-23(20-16)17(25)21-4-6-22(7-5-21)26-11-13-8-14(18)10-15(19)9-13/h2-3,8-10H,4-7,11H2,1H3. The Hall–Kier alpha value is -2.29. The molecule has 2 heterocycles. The number of Topliss-reactive ketones (excluding diaryl/α,β-unsaturated/α-hetero) is 1. The summed E-state index contributed by atoms with van der Waals surface area (Å²) >= 11 is 5.82. The fourth-order valence-electron chi connectivity index (χ4n) is 2.63. The maximum Gasteiger partial charge on any atom is 0.344 e. The number of aromatic nitrogens is 2. The van der Waals surface area contributed by atoms with Crippen LogP contribution in [0.4, 0.5) is 9.18 Å². The van der Waals surface area contributed by atoms with Crippen molar-refractivity contribution in [2.45, 2.75) is 13.5 Å². The normalized spacial score (nSPS) is 15.3. The maximum atomic E-state index is 13.3. The lowest BCUT2D eigenvalue weighted by atomic mass is 10.2. The average molecular weight is 381 g/mol. The van der Waals surface area contributed by atoms with E-state index in [4.69, 9.17) is 16.4 Å². The van der Waals surface area contributed by atoms with Crippen LogP contribution in [0.3, 0.4) is 0 Å². The molecule has 0 saturated carbocycles. The number of halogens is 2. The van der Waals surface area contributed by atoms with Gasteiger partial charge in [0.05, 0.1) is 6.61 Å². The number of hydrogen-bond donors (Lipinski definition) is 0. The van der Waals surface area contributed by atoms with Gasteiger partial charge >= 0.3 is 6.03 Å². The van der Waals surface area contributed by atoms with Crippen LogP contribution in [0.2, 0.25) is 5.02 Å². The van der Waals surface area contributed by atoms with E-state index in [1.165, 1.54) is 36.0 Å². The van der Waals surface area contributed by atoms with Gasteiger partial charge in [-0.15, -0.1) is 0 Å². The molecule has 0 aliphatic carbocycles. The molecule has 0 unspecified atom stereocenters. The molecule has 2 aromatic rings. The highest BCUT2D eigenvalue weighted by Crippen LogP contribution is 2.16. The van der Waals surface area contributed by atoms with Gasteiger partial charge in [0, 0.05) is 44.3 Å². The van der Waals surface area contributed by atoms with Crippen LogP contribution < -0.4 is 0 Å². The highest BCUT2D eigenvalue weighted by molar-refractivity contribution is 6.30. The lowest BCUT2D eigenvalue weighted by Gasteiger charge is -2.33. The van der Waals surface area contributed by atoms with Crippen LogP contribution in [0, 0.1) is 5.82 Å². The molecular weight excluding hydrogens is 363 g/mol. The lowest BCUT2D eigenvalue weighted by Crippen LogP contribution is -2.49. The number of benzene rings is 1. The van der Waals surface area contributed by atoms with Crippen molar-refractivity contribution in [2.75, 3.05) is 26.2 Å². The Balaban J connectivity index is 1.50. The number of nitrogens with zero attached hydrogens (tertiary/aromatic N) is 4. The summed E-state index contributed by atoms with van der Waals surface area (Å²) < 4.78 is 14.5. The molecule has 138 valence electrons. The molecule has 0 bridgehead atoms. The maximum absolute atomic E-state index is 13.3. The summed E-state index contributed by atoms with van der Waals surface area (Å²) in [7, 11) is 0. The zero-order chi connectivity index (χ0) is 18.7. The summed E-state index contributed by atoms with van der Waals surface area (Å²) in [5.74, 6) is -0.595. The average Bonchev–Trinajstić information content (AvgIpc) is 3.09. The molecule has 1 aliphatic heterocycles. The molecule has 1 amide bonds. The van der Waals surface area contributed by atoms with Gasteiger partial charge in [0.25, 0.3) is 0 Å². The quantitative estimate of drug-likeness (QED) is 0.763. The van der Waals surface area contributed by atoms with E-state index in [2.05, 4.69) is 5.10 Å². The summed E-state index contributed by atoms with van der Waals surface area (Å²) in [5.41, 5.74) is 0.899. The number of carbonyl (C=O) groups is 2. The van der Waals surface area contributed by atoms with E-state index in [0.29, 0.717) is 36.8 Å². The monoisotopic (exact) mass is 380 g/mol. The first-order valence-electron chi connectivity index (χ1n) is 8.11. The van der Waals surface area contributed by atoms with Gasteiger partial charge in [0.1, 0.15) is 11.5 Å². The fourth-order valence-corrected chi connectivity index (χ4v) is 2.88. The molecule has 26 heavy (non-hydrogen) atoms. The molecule has 9 heteroatoms. The largest absolute Gasteiger partial charge is 0.344 e. The number of hydroxylamine groups is 2. The highest BCUT2D eigenvalue weighted by Gasteiger charge is 2.23. The third-order valence-electron chi connectivity index (χ3n) is 3.99. The third kappa shape index (κ3) is 4.46. The molecule has 0 spiro atoms. The Morgan fingerprint density at radius 2 is 1.96 bits per heavy atom. The van der Waals surface area contributed by atoms with E-state index >= 15 is 0 Å².